The van der Waals surface area contributed by atoms with Crippen molar-refractivity contribution in [3.63, 3.8) is 0 Å². The zero-order valence-electron chi connectivity index (χ0n) is 12.1. The molecule has 1 fully saturated rings. The Morgan fingerprint density at radius 3 is 2.58 bits per heavy atom. The molecule has 0 bridgehead atoms. The van der Waals surface area contributed by atoms with Crippen molar-refractivity contribution in [1.29, 1.82) is 0 Å². The molecule has 0 spiro atoms. The molecule has 1 heterocycles. The molecule has 0 radical (unpaired) electrons. The Kier molecular flexibility index (Phi) is 5.79. The van der Waals surface area contributed by atoms with Crippen molar-refractivity contribution >= 4 is 11.9 Å². The van der Waals surface area contributed by atoms with Gasteiger partial charge in [0.2, 0.25) is 5.91 Å². The van der Waals surface area contributed by atoms with Crippen LogP contribution in [0.2, 0.25) is 0 Å². The highest BCUT2D eigenvalue weighted by molar-refractivity contribution is 5.77. The Morgan fingerprint density at radius 1 is 1.42 bits per heavy atom. The second-order valence-corrected chi connectivity index (χ2v) is 6.44. The number of carboxylic acid groups (broad SMARTS) is 1. The largest absolute Gasteiger partial charge is 0.481 e. The predicted molar refractivity (Wildman–Crippen MR) is 71.8 cm³/mol. The number of ether oxygens (including phenoxy) is 1. The van der Waals surface area contributed by atoms with Crippen LogP contribution in [0.4, 0.5) is 0 Å². The first kappa shape index (κ1) is 16.0. The van der Waals surface area contributed by atoms with Gasteiger partial charge < -0.3 is 15.2 Å². The first-order chi connectivity index (χ1) is 8.78. The number of carboxylic acids is 1. The van der Waals surface area contributed by atoms with Gasteiger partial charge >= 0.3 is 5.97 Å². The highest BCUT2D eigenvalue weighted by Crippen LogP contribution is 2.24. The molecule has 2 N–H and O–H groups in total. The van der Waals surface area contributed by atoms with Crippen LogP contribution in [0.15, 0.2) is 0 Å². The van der Waals surface area contributed by atoms with Crippen LogP contribution in [0.25, 0.3) is 0 Å². The summed E-state index contributed by atoms with van der Waals surface area (Å²) in [4.78, 5) is 22.9. The highest BCUT2D eigenvalue weighted by Gasteiger charge is 2.26. The normalized spacial score (nSPS) is 21.1. The Morgan fingerprint density at radius 2 is 2.11 bits per heavy atom. The van der Waals surface area contributed by atoms with Crippen molar-refractivity contribution in [3.05, 3.63) is 0 Å². The zero-order valence-corrected chi connectivity index (χ0v) is 12.1. The van der Waals surface area contributed by atoms with E-state index >= 15 is 0 Å². The highest BCUT2D eigenvalue weighted by atomic mass is 16.5. The molecule has 0 aliphatic carbocycles. The van der Waals surface area contributed by atoms with Gasteiger partial charge in [-0.3, -0.25) is 9.59 Å². The summed E-state index contributed by atoms with van der Waals surface area (Å²) in [5.74, 6) is -1.51. The molecule has 1 amide bonds. The van der Waals surface area contributed by atoms with Gasteiger partial charge in [-0.05, 0) is 24.7 Å². The van der Waals surface area contributed by atoms with E-state index in [9.17, 15) is 9.59 Å². The van der Waals surface area contributed by atoms with Gasteiger partial charge in [0.05, 0.1) is 18.4 Å². The monoisotopic (exact) mass is 271 g/mol. The number of carbonyl (C=O) groups excluding carboxylic acids is 1. The molecule has 1 aliphatic heterocycles. The summed E-state index contributed by atoms with van der Waals surface area (Å²) in [6.07, 6.45) is 2.80. The summed E-state index contributed by atoms with van der Waals surface area (Å²) in [7, 11) is 0. The second-order valence-electron chi connectivity index (χ2n) is 6.44. The minimum atomic E-state index is -0.854. The van der Waals surface area contributed by atoms with E-state index in [0.29, 0.717) is 12.8 Å². The minimum Gasteiger partial charge on any atom is -0.481 e. The molecule has 5 nitrogen and oxygen atoms in total. The molecule has 2 unspecified atom stereocenters. The van der Waals surface area contributed by atoms with E-state index in [4.69, 9.17) is 9.84 Å². The summed E-state index contributed by atoms with van der Waals surface area (Å²) >= 11 is 0. The zero-order chi connectivity index (χ0) is 14.5. The maximum atomic E-state index is 11.7. The maximum absolute atomic E-state index is 11.7. The van der Waals surface area contributed by atoms with E-state index in [0.717, 1.165) is 19.4 Å². The van der Waals surface area contributed by atoms with Crippen LogP contribution in [0.5, 0.6) is 0 Å². The second kappa shape index (κ2) is 6.89. The van der Waals surface area contributed by atoms with Crippen LogP contribution in [-0.2, 0) is 14.3 Å². The summed E-state index contributed by atoms with van der Waals surface area (Å²) in [5, 5.41) is 11.9. The Bertz CT molecular complexity index is 316. The third-order valence-electron chi connectivity index (χ3n) is 3.19. The van der Waals surface area contributed by atoms with Crippen LogP contribution >= 0.6 is 0 Å². The Hall–Kier alpha value is -1.10. The minimum absolute atomic E-state index is 0.00546. The molecule has 110 valence electrons. The number of hydrogen-bond donors (Lipinski definition) is 2. The van der Waals surface area contributed by atoms with E-state index in [-0.39, 0.29) is 24.0 Å². The average molecular weight is 271 g/mol. The quantitative estimate of drug-likeness (QED) is 0.772. The van der Waals surface area contributed by atoms with Crippen molar-refractivity contribution in [1.82, 2.24) is 5.32 Å². The smallest absolute Gasteiger partial charge is 0.308 e. The fourth-order valence-corrected chi connectivity index (χ4v) is 2.31. The SMILES string of the molecule is CC(C)(C)CC(CNC(=O)CC1CCCO1)C(=O)O. The number of hydrogen-bond acceptors (Lipinski definition) is 3. The van der Waals surface area contributed by atoms with Crippen molar-refractivity contribution in [2.24, 2.45) is 11.3 Å². The predicted octanol–water partition coefficient (Wildman–Crippen LogP) is 1.81. The lowest BCUT2D eigenvalue weighted by Crippen LogP contribution is -2.36. The van der Waals surface area contributed by atoms with E-state index in [2.05, 4.69) is 5.32 Å². The molecule has 0 aromatic heterocycles. The molecule has 0 aromatic rings. The van der Waals surface area contributed by atoms with Crippen molar-refractivity contribution in [2.75, 3.05) is 13.2 Å². The van der Waals surface area contributed by atoms with E-state index in [1.165, 1.54) is 0 Å². The number of amides is 1. The number of nitrogens with one attached hydrogen (secondary N) is 1. The first-order valence-corrected chi connectivity index (χ1v) is 6.89. The first-order valence-electron chi connectivity index (χ1n) is 6.89. The third-order valence-corrected chi connectivity index (χ3v) is 3.19. The third kappa shape index (κ3) is 6.57. The van der Waals surface area contributed by atoms with Gasteiger partial charge in [0.15, 0.2) is 0 Å². The van der Waals surface area contributed by atoms with E-state index in [1.807, 2.05) is 20.8 Å². The topological polar surface area (TPSA) is 75.6 Å². The van der Waals surface area contributed by atoms with Crippen LogP contribution in [0.3, 0.4) is 0 Å². The van der Waals surface area contributed by atoms with Gasteiger partial charge in [-0.1, -0.05) is 20.8 Å². The lowest BCUT2D eigenvalue weighted by molar-refractivity contribution is -0.142. The summed E-state index contributed by atoms with van der Waals surface area (Å²) in [5.41, 5.74) is -0.0671. The summed E-state index contributed by atoms with van der Waals surface area (Å²) in [6, 6.07) is 0. The van der Waals surface area contributed by atoms with E-state index < -0.39 is 11.9 Å². The maximum Gasteiger partial charge on any atom is 0.308 e. The molecule has 5 heteroatoms. The molecule has 2 atom stereocenters. The average Bonchev–Trinajstić information content (AvgIpc) is 2.75. The van der Waals surface area contributed by atoms with Crippen LogP contribution in [-0.4, -0.2) is 36.2 Å². The van der Waals surface area contributed by atoms with Crippen molar-refractivity contribution < 1.29 is 19.4 Å². The van der Waals surface area contributed by atoms with Crippen molar-refractivity contribution in [2.45, 2.75) is 52.6 Å². The van der Waals surface area contributed by atoms with Gasteiger partial charge in [-0.15, -0.1) is 0 Å². The number of carbonyl (C=O) groups is 2. The van der Waals surface area contributed by atoms with Crippen molar-refractivity contribution in [3.8, 4) is 0 Å². The molecule has 1 saturated heterocycles. The summed E-state index contributed by atoms with van der Waals surface area (Å²) < 4.78 is 5.38. The van der Waals surface area contributed by atoms with Crippen LogP contribution < -0.4 is 5.32 Å². The van der Waals surface area contributed by atoms with Gasteiger partial charge in [0, 0.05) is 13.2 Å². The Balaban J connectivity index is 2.34. The van der Waals surface area contributed by atoms with Crippen LogP contribution in [0, 0.1) is 11.3 Å². The van der Waals surface area contributed by atoms with E-state index in [1.54, 1.807) is 0 Å². The molecule has 19 heavy (non-hydrogen) atoms. The molecule has 0 saturated carbocycles. The number of aliphatic carboxylic acids is 1. The lowest BCUT2D eigenvalue weighted by atomic mass is 9.84. The Labute approximate surface area is 114 Å². The standard InChI is InChI=1S/C14H25NO4/c1-14(2,3)8-10(13(17)18)9-15-12(16)7-11-5-4-6-19-11/h10-11H,4-9H2,1-3H3,(H,15,16)(H,17,18). The molecule has 0 aromatic carbocycles. The van der Waals surface area contributed by atoms with Gasteiger partial charge in [-0.2, -0.15) is 0 Å². The van der Waals surface area contributed by atoms with Gasteiger partial charge in [0.25, 0.3) is 0 Å². The molecule has 1 aliphatic rings. The lowest BCUT2D eigenvalue weighted by Gasteiger charge is -2.23. The fourth-order valence-electron chi connectivity index (χ4n) is 2.31. The molecular weight excluding hydrogens is 246 g/mol. The summed E-state index contributed by atoms with van der Waals surface area (Å²) in [6.45, 7) is 6.91. The van der Waals surface area contributed by atoms with Gasteiger partial charge in [0.1, 0.15) is 0 Å². The molecule has 1 rings (SSSR count). The van der Waals surface area contributed by atoms with Gasteiger partial charge in [-0.25, -0.2) is 0 Å². The van der Waals surface area contributed by atoms with Crippen LogP contribution in [0.1, 0.15) is 46.5 Å². The number of rotatable bonds is 6. The fraction of sp³-hybridized carbons (Fsp3) is 0.857. The molecular formula is C14H25NO4.